The highest BCUT2D eigenvalue weighted by Gasteiger charge is 2.39. The molecule has 29 heavy (non-hydrogen) atoms. The number of allylic oxidation sites excluding steroid dienone is 2. The van der Waals surface area contributed by atoms with Crippen LogP contribution in [0.4, 0.5) is 11.4 Å². The number of hydrogen-bond acceptors (Lipinski definition) is 4. The highest BCUT2D eigenvalue weighted by molar-refractivity contribution is 6.01. The Morgan fingerprint density at radius 2 is 1.97 bits per heavy atom. The molecule has 0 aromatic heterocycles. The number of carbonyl (C=O) groups excluding carboxylic acids is 1. The average molecular weight is 391 g/mol. The van der Waals surface area contributed by atoms with E-state index in [4.69, 9.17) is 0 Å². The summed E-state index contributed by atoms with van der Waals surface area (Å²) in [7, 11) is 0. The van der Waals surface area contributed by atoms with Gasteiger partial charge < -0.3 is 10.6 Å². The molecule has 0 saturated carbocycles. The summed E-state index contributed by atoms with van der Waals surface area (Å²) in [6.45, 7) is 5.86. The van der Waals surface area contributed by atoms with Gasteiger partial charge in [-0.15, -0.1) is 0 Å². The summed E-state index contributed by atoms with van der Waals surface area (Å²) in [6.07, 6.45) is 5.25. The minimum atomic E-state index is -0.368. The molecule has 0 spiro atoms. The molecule has 2 N–H and O–H groups in total. The number of carbonyl (C=O) groups is 1. The van der Waals surface area contributed by atoms with Crippen LogP contribution in [0.5, 0.6) is 0 Å². The van der Waals surface area contributed by atoms with E-state index in [2.05, 4.69) is 28.9 Å². The molecule has 0 radical (unpaired) electrons. The Hall–Kier alpha value is -3.15. The quantitative estimate of drug-likeness (QED) is 0.440. The predicted octanol–water partition coefficient (Wildman–Crippen LogP) is 4.95. The molecule has 150 valence electrons. The van der Waals surface area contributed by atoms with Gasteiger partial charge in [-0.2, -0.15) is 0 Å². The van der Waals surface area contributed by atoms with Crippen molar-refractivity contribution in [2.45, 2.75) is 44.7 Å². The van der Waals surface area contributed by atoms with Crippen molar-refractivity contribution in [3.63, 3.8) is 0 Å². The van der Waals surface area contributed by atoms with Gasteiger partial charge in [0.05, 0.1) is 22.2 Å². The van der Waals surface area contributed by atoms with Gasteiger partial charge in [0.15, 0.2) is 0 Å². The Morgan fingerprint density at radius 1 is 1.21 bits per heavy atom. The second-order valence-electron chi connectivity index (χ2n) is 8.80. The molecule has 6 heteroatoms. The third kappa shape index (κ3) is 3.62. The van der Waals surface area contributed by atoms with Crippen molar-refractivity contribution in [3.8, 4) is 0 Å². The molecule has 1 amide bonds. The Balaban J connectivity index is 1.77. The maximum atomic E-state index is 13.0. The fraction of sp³-hybridized carbons (Fsp3) is 0.348. The molecule has 6 nitrogen and oxygen atoms in total. The number of amides is 1. The highest BCUT2D eigenvalue weighted by atomic mass is 16.6. The molecule has 4 rings (SSSR count). The highest BCUT2D eigenvalue weighted by Crippen LogP contribution is 2.50. The summed E-state index contributed by atoms with van der Waals surface area (Å²) in [5.41, 5.74) is 3.13. The number of non-ortho nitro benzene ring substituents is 1. The number of benzene rings is 2. The molecule has 0 saturated heterocycles. The number of hydrogen-bond donors (Lipinski definition) is 2. The van der Waals surface area contributed by atoms with Crippen LogP contribution in [0.15, 0.2) is 54.6 Å². The van der Waals surface area contributed by atoms with Crippen molar-refractivity contribution in [2.24, 2.45) is 5.92 Å². The topological polar surface area (TPSA) is 84.3 Å². The summed E-state index contributed by atoms with van der Waals surface area (Å²) in [5, 5.41) is 17.9. The normalized spacial score (nSPS) is 22.4. The van der Waals surface area contributed by atoms with Crippen LogP contribution in [0.1, 0.15) is 60.6 Å². The van der Waals surface area contributed by atoms with Crippen molar-refractivity contribution in [1.29, 1.82) is 0 Å². The first-order valence-corrected chi connectivity index (χ1v) is 9.87. The lowest BCUT2D eigenvalue weighted by Crippen LogP contribution is -2.41. The molecule has 1 aliphatic heterocycles. The standard InChI is InChI=1S/C23H25N3O3/c1-23(2,3)25-22(27)19-12-6-11-18-16-9-5-10-17(16)20(24-21(18)19)14-7-4-8-15(13-14)26(28)29/h4-9,11-13,16-17,20,24H,10H2,1-3H3,(H,25,27). The number of nitro groups is 1. The largest absolute Gasteiger partial charge is 0.377 e. The van der Waals surface area contributed by atoms with Crippen LogP contribution in [-0.4, -0.2) is 16.4 Å². The lowest BCUT2D eigenvalue weighted by Gasteiger charge is -2.38. The van der Waals surface area contributed by atoms with Gasteiger partial charge >= 0.3 is 0 Å². The SMILES string of the molecule is CC(C)(C)NC(=O)c1cccc2c1NC(c1cccc([N+](=O)[O-])c1)C1CC=CC21. The van der Waals surface area contributed by atoms with Crippen LogP contribution in [0.3, 0.4) is 0 Å². The van der Waals surface area contributed by atoms with E-state index >= 15 is 0 Å². The molecule has 3 unspecified atom stereocenters. The van der Waals surface area contributed by atoms with Gasteiger partial charge in [0.25, 0.3) is 11.6 Å². The van der Waals surface area contributed by atoms with Gasteiger partial charge in [0.2, 0.25) is 0 Å². The van der Waals surface area contributed by atoms with Crippen LogP contribution in [0.2, 0.25) is 0 Å². The first-order chi connectivity index (χ1) is 13.7. The Labute approximate surface area is 170 Å². The van der Waals surface area contributed by atoms with Gasteiger partial charge in [0, 0.05) is 23.6 Å². The third-order valence-electron chi connectivity index (χ3n) is 5.57. The first kappa shape index (κ1) is 19.2. The minimum absolute atomic E-state index is 0.0800. The molecular weight excluding hydrogens is 366 g/mol. The van der Waals surface area contributed by atoms with E-state index in [1.165, 1.54) is 6.07 Å². The molecule has 0 fully saturated rings. The zero-order valence-electron chi connectivity index (χ0n) is 16.8. The van der Waals surface area contributed by atoms with Crippen molar-refractivity contribution in [3.05, 3.63) is 81.4 Å². The van der Waals surface area contributed by atoms with Crippen molar-refractivity contribution < 1.29 is 9.72 Å². The Kier molecular flexibility index (Phi) is 4.65. The summed E-state index contributed by atoms with van der Waals surface area (Å²) in [6, 6.07) is 12.5. The summed E-state index contributed by atoms with van der Waals surface area (Å²) < 4.78 is 0. The Bertz CT molecular complexity index is 1010. The van der Waals surface area contributed by atoms with Crippen molar-refractivity contribution >= 4 is 17.3 Å². The summed E-state index contributed by atoms with van der Waals surface area (Å²) in [4.78, 5) is 23.8. The third-order valence-corrected chi connectivity index (χ3v) is 5.57. The van der Waals surface area contributed by atoms with Gasteiger partial charge in [0.1, 0.15) is 0 Å². The number of anilines is 1. The molecule has 3 atom stereocenters. The number of nitrogens with zero attached hydrogens (tertiary/aromatic N) is 1. The maximum Gasteiger partial charge on any atom is 0.269 e. The molecule has 1 heterocycles. The molecule has 2 aromatic carbocycles. The van der Waals surface area contributed by atoms with E-state index in [0.717, 1.165) is 23.2 Å². The Morgan fingerprint density at radius 3 is 2.69 bits per heavy atom. The van der Waals surface area contributed by atoms with E-state index in [1.54, 1.807) is 12.1 Å². The smallest absolute Gasteiger partial charge is 0.269 e. The zero-order valence-corrected chi connectivity index (χ0v) is 16.8. The minimum Gasteiger partial charge on any atom is -0.377 e. The lowest BCUT2D eigenvalue weighted by atomic mass is 9.76. The van der Waals surface area contributed by atoms with E-state index < -0.39 is 0 Å². The van der Waals surface area contributed by atoms with E-state index in [1.807, 2.05) is 39.0 Å². The van der Waals surface area contributed by atoms with Gasteiger partial charge in [-0.25, -0.2) is 0 Å². The van der Waals surface area contributed by atoms with Gasteiger partial charge in [-0.05, 0) is 50.3 Å². The monoisotopic (exact) mass is 391 g/mol. The second-order valence-corrected chi connectivity index (χ2v) is 8.80. The average Bonchev–Trinajstić information content (AvgIpc) is 3.15. The fourth-order valence-electron chi connectivity index (χ4n) is 4.38. The molecule has 0 bridgehead atoms. The van der Waals surface area contributed by atoms with E-state index in [9.17, 15) is 14.9 Å². The first-order valence-electron chi connectivity index (χ1n) is 9.87. The van der Waals surface area contributed by atoms with Gasteiger partial charge in [-0.1, -0.05) is 36.4 Å². The summed E-state index contributed by atoms with van der Waals surface area (Å²) in [5.74, 6) is 0.309. The van der Waals surface area contributed by atoms with E-state index in [0.29, 0.717) is 5.56 Å². The molecular formula is C23H25N3O3. The van der Waals surface area contributed by atoms with Crippen LogP contribution >= 0.6 is 0 Å². The molecule has 2 aliphatic rings. The zero-order chi connectivity index (χ0) is 20.8. The van der Waals surface area contributed by atoms with Crippen LogP contribution in [0.25, 0.3) is 0 Å². The lowest BCUT2D eigenvalue weighted by molar-refractivity contribution is -0.384. The predicted molar refractivity (Wildman–Crippen MR) is 113 cm³/mol. The maximum absolute atomic E-state index is 13.0. The van der Waals surface area contributed by atoms with Crippen LogP contribution < -0.4 is 10.6 Å². The fourth-order valence-corrected chi connectivity index (χ4v) is 4.38. The molecule has 2 aromatic rings. The number of nitrogens with one attached hydrogen (secondary N) is 2. The second kappa shape index (κ2) is 7.03. The number of fused-ring (bicyclic) bond motifs is 3. The summed E-state index contributed by atoms with van der Waals surface area (Å²) >= 11 is 0. The molecule has 1 aliphatic carbocycles. The van der Waals surface area contributed by atoms with E-state index in [-0.39, 0.29) is 39.9 Å². The van der Waals surface area contributed by atoms with Gasteiger partial charge in [-0.3, -0.25) is 14.9 Å². The van der Waals surface area contributed by atoms with Crippen molar-refractivity contribution in [1.82, 2.24) is 5.32 Å². The number of nitro benzene ring substituents is 1. The number of rotatable bonds is 3. The van der Waals surface area contributed by atoms with Crippen LogP contribution in [0, 0.1) is 16.0 Å². The number of para-hydroxylation sites is 1. The van der Waals surface area contributed by atoms with Crippen LogP contribution in [-0.2, 0) is 0 Å². The van der Waals surface area contributed by atoms with Crippen molar-refractivity contribution in [2.75, 3.05) is 5.32 Å².